The van der Waals surface area contributed by atoms with E-state index in [1.54, 1.807) is 20.4 Å². The molecule has 14 heavy (non-hydrogen) atoms. The van der Waals surface area contributed by atoms with Gasteiger partial charge in [-0.1, -0.05) is 0 Å². The van der Waals surface area contributed by atoms with Gasteiger partial charge in [-0.25, -0.2) is 9.97 Å². The average Bonchev–Trinajstić information content (AvgIpc) is 2.27. The van der Waals surface area contributed by atoms with E-state index < -0.39 is 0 Å². The molecule has 2 aromatic rings. The van der Waals surface area contributed by atoms with Crippen molar-refractivity contribution in [2.75, 3.05) is 14.2 Å². The minimum atomic E-state index is 0.646. The van der Waals surface area contributed by atoms with Crippen LogP contribution in [0.5, 0.6) is 11.5 Å². The minimum Gasteiger partial charge on any atom is -0.493 e. The molecule has 72 valence electrons. The van der Waals surface area contributed by atoms with Crippen LogP contribution in [0.4, 0.5) is 0 Å². The van der Waals surface area contributed by atoms with Crippen LogP contribution >= 0.6 is 0 Å². The van der Waals surface area contributed by atoms with Crippen molar-refractivity contribution in [3.05, 3.63) is 24.7 Å². The fraction of sp³-hybridized carbons (Fsp3) is 0.200. The summed E-state index contributed by atoms with van der Waals surface area (Å²) in [6.45, 7) is 0. The Balaban J connectivity index is 2.77. The predicted molar refractivity (Wildman–Crippen MR) is 52.6 cm³/mol. The van der Waals surface area contributed by atoms with Gasteiger partial charge in [0.05, 0.1) is 14.2 Å². The molecule has 4 heteroatoms. The number of nitrogens with zero attached hydrogens (tertiary/aromatic N) is 2. The van der Waals surface area contributed by atoms with E-state index in [-0.39, 0.29) is 0 Å². The maximum Gasteiger partial charge on any atom is 0.187 e. The SMILES string of the molecule is COc1ccc2cncnc2c1OC. The molecule has 2 rings (SSSR count). The number of methoxy groups -OCH3 is 2. The molecule has 0 aliphatic heterocycles. The first kappa shape index (κ1) is 8.74. The van der Waals surface area contributed by atoms with E-state index in [4.69, 9.17) is 9.47 Å². The highest BCUT2D eigenvalue weighted by Crippen LogP contribution is 2.33. The van der Waals surface area contributed by atoms with Gasteiger partial charge in [0.25, 0.3) is 0 Å². The van der Waals surface area contributed by atoms with Gasteiger partial charge in [0.1, 0.15) is 11.8 Å². The third kappa shape index (κ3) is 1.25. The van der Waals surface area contributed by atoms with Gasteiger partial charge in [0.2, 0.25) is 0 Å². The van der Waals surface area contributed by atoms with Crippen molar-refractivity contribution in [1.29, 1.82) is 0 Å². The van der Waals surface area contributed by atoms with Gasteiger partial charge in [0, 0.05) is 11.6 Å². The van der Waals surface area contributed by atoms with E-state index in [0.717, 1.165) is 10.9 Å². The summed E-state index contributed by atoms with van der Waals surface area (Å²) in [4.78, 5) is 8.08. The molecule has 0 fully saturated rings. The number of fused-ring (bicyclic) bond motifs is 1. The van der Waals surface area contributed by atoms with Crippen LogP contribution in [0.15, 0.2) is 24.7 Å². The minimum absolute atomic E-state index is 0.646. The highest BCUT2D eigenvalue weighted by molar-refractivity contribution is 5.86. The van der Waals surface area contributed by atoms with Crippen molar-refractivity contribution >= 4 is 10.9 Å². The molecule has 0 saturated heterocycles. The van der Waals surface area contributed by atoms with Gasteiger partial charge in [-0.3, -0.25) is 0 Å². The van der Waals surface area contributed by atoms with E-state index in [2.05, 4.69) is 9.97 Å². The molecule has 1 aromatic carbocycles. The molecular formula is C10H10N2O2. The van der Waals surface area contributed by atoms with E-state index >= 15 is 0 Å². The van der Waals surface area contributed by atoms with Gasteiger partial charge in [-0.05, 0) is 12.1 Å². The molecule has 0 bridgehead atoms. The van der Waals surface area contributed by atoms with Gasteiger partial charge in [-0.15, -0.1) is 0 Å². The Bertz CT molecular complexity index is 457. The Morgan fingerprint density at radius 2 is 2.00 bits per heavy atom. The quantitative estimate of drug-likeness (QED) is 0.722. The molecule has 0 N–H and O–H groups in total. The summed E-state index contributed by atoms with van der Waals surface area (Å²) in [7, 11) is 3.20. The Morgan fingerprint density at radius 1 is 1.14 bits per heavy atom. The first-order chi connectivity index (χ1) is 6.86. The zero-order valence-electron chi connectivity index (χ0n) is 8.02. The Morgan fingerprint density at radius 3 is 2.71 bits per heavy atom. The highest BCUT2D eigenvalue weighted by Gasteiger charge is 2.08. The molecule has 0 aliphatic carbocycles. The van der Waals surface area contributed by atoms with Crippen molar-refractivity contribution in [3.63, 3.8) is 0 Å². The van der Waals surface area contributed by atoms with Crippen LogP contribution < -0.4 is 9.47 Å². The molecule has 0 atom stereocenters. The predicted octanol–water partition coefficient (Wildman–Crippen LogP) is 1.65. The van der Waals surface area contributed by atoms with Crippen LogP contribution in [0.3, 0.4) is 0 Å². The lowest BCUT2D eigenvalue weighted by molar-refractivity contribution is 0.358. The Labute approximate surface area is 81.5 Å². The summed E-state index contributed by atoms with van der Waals surface area (Å²) in [5.41, 5.74) is 0.766. The summed E-state index contributed by atoms with van der Waals surface area (Å²) in [5.74, 6) is 1.33. The maximum absolute atomic E-state index is 5.23. The molecular weight excluding hydrogens is 180 g/mol. The molecule has 0 unspecified atom stereocenters. The molecule has 0 spiro atoms. The average molecular weight is 190 g/mol. The molecule has 0 radical (unpaired) electrons. The van der Waals surface area contributed by atoms with Crippen molar-refractivity contribution in [3.8, 4) is 11.5 Å². The van der Waals surface area contributed by atoms with Crippen LogP contribution in [0.2, 0.25) is 0 Å². The number of aromatic nitrogens is 2. The van der Waals surface area contributed by atoms with Crippen LogP contribution in [0, 0.1) is 0 Å². The second-order valence-corrected chi connectivity index (χ2v) is 2.76. The van der Waals surface area contributed by atoms with E-state index in [9.17, 15) is 0 Å². The van der Waals surface area contributed by atoms with Gasteiger partial charge in [0.15, 0.2) is 11.5 Å². The normalized spacial score (nSPS) is 10.1. The van der Waals surface area contributed by atoms with Crippen molar-refractivity contribution in [2.45, 2.75) is 0 Å². The molecule has 0 amide bonds. The Hall–Kier alpha value is -1.84. The number of hydrogen-bond donors (Lipinski definition) is 0. The van der Waals surface area contributed by atoms with E-state index in [1.165, 1.54) is 6.33 Å². The first-order valence-electron chi connectivity index (χ1n) is 4.17. The van der Waals surface area contributed by atoms with Gasteiger partial charge < -0.3 is 9.47 Å². The fourth-order valence-corrected chi connectivity index (χ4v) is 1.37. The first-order valence-corrected chi connectivity index (χ1v) is 4.17. The van der Waals surface area contributed by atoms with Gasteiger partial charge in [-0.2, -0.15) is 0 Å². The highest BCUT2D eigenvalue weighted by atomic mass is 16.5. The summed E-state index contributed by atoms with van der Waals surface area (Å²) < 4.78 is 10.4. The molecule has 0 aliphatic rings. The van der Waals surface area contributed by atoms with Crippen LogP contribution in [0.25, 0.3) is 10.9 Å². The number of benzene rings is 1. The zero-order valence-corrected chi connectivity index (χ0v) is 8.02. The van der Waals surface area contributed by atoms with Crippen LogP contribution in [-0.4, -0.2) is 24.2 Å². The van der Waals surface area contributed by atoms with E-state index in [1.807, 2.05) is 12.1 Å². The zero-order chi connectivity index (χ0) is 9.97. The van der Waals surface area contributed by atoms with Crippen molar-refractivity contribution in [2.24, 2.45) is 0 Å². The number of hydrogen-bond acceptors (Lipinski definition) is 4. The number of rotatable bonds is 2. The summed E-state index contributed by atoms with van der Waals surface area (Å²) in [6, 6.07) is 3.74. The molecule has 0 saturated carbocycles. The standard InChI is InChI=1S/C10H10N2O2/c1-13-8-4-3-7-5-11-6-12-9(7)10(8)14-2/h3-6H,1-2H3. The lowest BCUT2D eigenvalue weighted by Gasteiger charge is -2.08. The smallest absolute Gasteiger partial charge is 0.187 e. The summed E-state index contributed by atoms with van der Waals surface area (Å²) in [5, 5.41) is 0.935. The Kier molecular flexibility index (Phi) is 2.18. The topological polar surface area (TPSA) is 44.2 Å². The molecule has 1 aromatic heterocycles. The second kappa shape index (κ2) is 3.49. The van der Waals surface area contributed by atoms with E-state index in [0.29, 0.717) is 11.5 Å². The number of ether oxygens (including phenoxy) is 2. The van der Waals surface area contributed by atoms with Crippen molar-refractivity contribution in [1.82, 2.24) is 9.97 Å². The monoisotopic (exact) mass is 190 g/mol. The summed E-state index contributed by atoms with van der Waals surface area (Å²) >= 11 is 0. The largest absolute Gasteiger partial charge is 0.493 e. The molecule has 4 nitrogen and oxygen atoms in total. The van der Waals surface area contributed by atoms with Crippen LogP contribution in [-0.2, 0) is 0 Å². The lowest BCUT2D eigenvalue weighted by Crippen LogP contribution is -1.93. The fourth-order valence-electron chi connectivity index (χ4n) is 1.37. The summed E-state index contributed by atoms with van der Waals surface area (Å²) in [6.07, 6.45) is 3.23. The second-order valence-electron chi connectivity index (χ2n) is 2.76. The molecule has 1 heterocycles. The van der Waals surface area contributed by atoms with Gasteiger partial charge >= 0.3 is 0 Å². The lowest BCUT2D eigenvalue weighted by atomic mass is 10.2. The van der Waals surface area contributed by atoms with Crippen LogP contribution in [0.1, 0.15) is 0 Å². The maximum atomic E-state index is 5.23. The van der Waals surface area contributed by atoms with Crippen molar-refractivity contribution < 1.29 is 9.47 Å². The third-order valence-electron chi connectivity index (χ3n) is 2.02. The third-order valence-corrected chi connectivity index (χ3v) is 2.02.